The number of carbonyl (C=O) groups is 1. The van der Waals surface area contributed by atoms with Gasteiger partial charge in [-0.05, 0) is 49.9 Å². The number of amides is 1. The third-order valence-electron chi connectivity index (χ3n) is 4.87. The summed E-state index contributed by atoms with van der Waals surface area (Å²) in [6, 6.07) is 8.27. The first-order chi connectivity index (χ1) is 12.1. The maximum Gasteiger partial charge on any atom is 0.255 e. The van der Waals surface area contributed by atoms with Crippen LogP contribution < -0.4 is 0 Å². The van der Waals surface area contributed by atoms with Crippen molar-refractivity contribution in [3.8, 4) is 0 Å². The van der Waals surface area contributed by atoms with Crippen LogP contribution in [0.15, 0.2) is 36.5 Å². The molecule has 2 aromatic heterocycles. The second-order valence-corrected chi connectivity index (χ2v) is 6.49. The fraction of sp³-hybridized carbons (Fsp3) is 0.316. The van der Waals surface area contributed by atoms with Crippen molar-refractivity contribution >= 4 is 16.9 Å². The number of pyridine rings is 1. The van der Waals surface area contributed by atoms with Crippen LogP contribution in [0.5, 0.6) is 0 Å². The first kappa shape index (κ1) is 15.7. The average molecular weight is 338 g/mol. The quantitative estimate of drug-likeness (QED) is 0.773. The first-order valence-corrected chi connectivity index (χ1v) is 8.50. The van der Waals surface area contributed by atoms with Gasteiger partial charge < -0.3 is 4.90 Å². The highest BCUT2D eigenvalue weighted by Crippen LogP contribution is 2.32. The first-order valence-electron chi connectivity index (χ1n) is 8.50. The lowest BCUT2D eigenvalue weighted by Gasteiger charge is -2.36. The van der Waals surface area contributed by atoms with Gasteiger partial charge in [-0.3, -0.25) is 9.89 Å². The molecule has 1 fully saturated rings. The standard InChI is InChI=1S/C19H19FN4O/c1-12-16-10-14(11-21-18(16)23-22-12)19(25)24-9-3-2-4-17(24)13-5-7-15(20)8-6-13/h5-8,10-11,17H,2-4,9H2,1H3,(H,21,22,23)/t17-/m1/s1. The number of aromatic amines is 1. The summed E-state index contributed by atoms with van der Waals surface area (Å²) in [5.74, 6) is -0.299. The number of halogens is 1. The predicted molar refractivity (Wildman–Crippen MR) is 92.7 cm³/mol. The normalized spacial score (nSPS) is 17.8. The number of aromatic nitrogens is 3. The number of hydrogen-bond acceptors (Lipinski definition) is 3. The minimum absolute atomic E-state index is 0.0250. The molecule has 1 N–H and O–H groups in total. The summed E-state index contributed by atoms with van der Waals surface area (Å²) in [5.41, 5.74) is 3.04. The maximum absolute atomic E-state index is 13.2. The zero-order valence-corrected chi connectivity index (χ0v) is 14.0. The van der Waals surface area contributed by atoms with Crippen LogP contribution in [-0.4, -0.2) is 32.5 Å². The number of carbonyl (C=O) groups excluding carboxylic acids is 1. The van der Waals surface area contributed by atoms with E-state index in [-0.39, 0.29) is 17.8 Å². The Bertz CT molecular complexity index is 919. The van der Waals surface area contributed by atoms with Crippen molar-refractivity contribution in [3.05, 3.63) is 59.2 Å². The van der Waals surface area contributed by atoms with Crippen LogP contribution in [-0.2, 0) is 0 Å². The number of fused-ring (bicyclic) bond motifs is 1. The lowest BCUT2D eigenvalue weighted by atomic mass is 9.94. The number of rotatable bonds is 2. The van der Waals surface area contributed by atoms with E-state index in [0.717, 1.165) is 35.9 Å². The number of hydrogen-bond donors (Lipinski definition) is 1. The second-order valence-electron chi connectivity index (χ2n) is 6.49. The molecule has 4 rings (SSSR count). The van der Waals surface area contributed by atoms with E-state index < -0.39 is 0 Å². The number of nitrogens with zero attached hydrogens (tertiary/aromatic N) is 3. The maximum atomic E-state index is 13.2. The largest absolute Gasteiger partial charge is 0.332 e. The van der Waals surface area contributed by atoms with E-state index in [4.69, 9.17) is 0 Å². The van der Waals surface area contributed by atoms with Crippen LogP contribution in [0.4, 0.5) is 4.39 Å². The molecule has 128 valence electrons. The molecule has 5 nitrogen and oxygen atoms in total. The number of aryl methyl sites for hydroxylation is 1. The molecule has 1 aliphatic heterocycles. The van der Waals surface area contributed by atoms with Crippen molar-refractivity contribution in [1.29, 1.82) is 0 Å². The lowest BCUT2D eigenvalue weighted by Crippen LogP contribution is -2.38. The van der Waals surface area contributed by atoms with Gasteiger partial charge in [-0.1, -0.05) is 12.1 Å². The van der Waals surface area contributed by atoms with Crippen molar-refractivity contribution in [3.63, 3.8) is 0 Å². The zero-order chi connectivity index (χ0) is 17.4. The molecule has 0 spiro atoms. The Kier molecular flexibility index (Phi) is 3.95. The fourth-order valence-electron chi connectivity index (χ4n) is 3.52. The third-order valence-corrected chi connectivity index (χ3v) is 4.87. The van der Waals surface area contributed by atoms with Crippen molar-refractivity contribution in [1.82, 2.24) is 20.1 Å². The molecule has 1 aromatic carbocycles. The molecule has 6 heteroatoms. The number of nitrogens with one attached hydrogen (secondary N) is 1. The second kappa shape index (κ2) is 6.27. The summed E-state index contributed by atoms with van der Waals surface area (Å²) in [7, 11) is 0. The van der Waals surface area contributed by atoms with Gasteiger partial charge in [0.2, 0.25) is 0 Å². The highest BCUT2D eigenvalue weighted by Gasteiger charge is 2.29. The van der Waals surface area contributed by atoms with E-state index in [2.05, 4.69) is 15.2 Å². The Morgan fingerprint density at radius 3 is 2.88 bits per heavy atom. The van der Waals surface area contributed by atoms with Crippen LogP contribution in [0.3, 0.4) is 0 Å². The van der Waals surface area contributed by atoms with E-state index in [9.17, 15) is 9.18 Å². The van der Waals surface area contributed by atoms with Crippen LogP contribution in [0.25, 0.3) is 11.0 Å². The number of likely N-dealkylation sites (tertiary alicyclic amines) is 1. The van der Waals surface area contributed by atoms with E-state index in [0.29, 0.717) is 17.8 Å². The SMILES string of the molecule is Cc1n[nH]c2ncc(C(=O)N3CCCC[C@@H]3c3ccc(F)cc3)cc12. The zero-order valence-electron chi connectivity index (χ0n) is 14.0. The topological polar surface area (TPSA) is 61.9 Å². The number of piperidine rings is 1. The van der Waals surface area contributed by atoms with Gasteiger partial charge in [0, 0.05) is 18.1 Å². The molecular weight excluding hydrogens is 319 g/mol. The Labute approximate surface area is 144 Å². The van der Waals surface area contributed by atoms with Crippen LogP contribution in [0.1, 0.15) is 46.9 Å². The minimum atomic E-state index is -0.262. The predicted octanol–water partition coefficient (Wildman–Crippen LogP) is 3.77. The van der Waals surface area contributed by atoms with Crippen molar-refractivity contribution < 1.29 is 9.18 Å². The fourth-order valence-corrected chi connectivity index (χ4v) is 3.52. The molecule has 1 amide bonds. The molecule has 0 aliphatic carbocycles. The summed E-state index contributed by atoms with van der Waals surface area (Å²) in [5, 5.41) is 7.85. The Morgan fingerprint density at radius 2 is 2.08 bits per heavy atom. The van der Waals surface area contributed by atoms with Gasteiger partial charge >= 0.3 is 0 Å². The monoisotopic (exact) mass is 338 g/mol. The van der Waals surface area contributed by atoms with Crippen molar-refractivity contribution in [2.75, 3.05) is 6.54 Å². The Hall–Kier alpha value is -2.76. The average Bonchev–Trinajstić information content (AvgIpc) is 3.02. The van der Waals surface area contributed by atoms with E-state index >= 15 is 0 Å². The van der Waals surface area contributed by atoms with Gasteiger partial charge in [0.25, 0.3) is 5.91 Å². The smallest absolute Gasteiger partial charge is 0.255 e. The summed E-state index contributed by atoms with van der Waals surface area (Å²) in [6.07, 6.45) is 4.52. The number of H-pyrrole nitrogens is 1. The van der Waals surface area contributed by atoms with Gasteiger partial charge in [0.1, 0.15) is 5.82 Å². The van der Waals surface area contributed by atoms with E-state index in [1.54, 1.807) is 18.3 Å². The van der Waals surface area contributed by atoms with Gasteiger partial charge in [-0.2, -0.15) is 5.10 Å². The highest BCUT2D eigenvalue weighted by atomic mass is 19.1. The molecule has 1 aliphatic rings. The summed E-state index contributed by atoms with van der Waals surface area (Å²) >= 11 is 0. The van der Waals surface area contributed by atoms with E-state index in [1.807, 2.05) is 17.9 Å². The molecule has 0 bridgehead atoms. The molecule has 0 saturated carbocycles. The van der Waals surface area contributed by atoms with Crippen LogP contribution >= 0.6 is 0 Å². The van der Waals surface area contributed by atoms with Crippen molar-refractivity contribution in [2.45, 2.75) is 32.2 Å². The van der Waals surface area contributed by atoms with Crippen LogP contribution in [0.2, 0.25) is 0 Å². The third kappa shape index (κ3) is 2.88. The highest BCUT2D eigenvalue weighted by molar-refractivity contribution is 5.97. The molecule has 0 radical (unpaired) electrons. The summed E-state index contributed by atoms with van der Waals surface area (Å²) in [6.45, 7) is 2.58. The van der Waals surface area contributed by atoms with E-state index in [1.165, 1.54) is 12.1 Å². The van der Waals surface area contributed by atoms with Gasteiger partial charge in [0.05, 0.1) is 17.3 Å². The van der Waals surface area contributed by atoms with Gasteiger partial charge in [0.15, 0.2) is 5.65 Å². The molecule has 1 saturated heterocycles. The van der Waals surface area contributed by atoms with Crippen molar-refractivity contribution in [2.24, 2.45) is 0 Å². The molecule has 3 heterocycles. The van der Waals surface area contributed by atoms with Crippen LogP contribution in [0, 0.1) is 12.7 Å². The van der Waals surface area contributed by atoms with Gasteiger partial charge in [-0.15, -0.1) is 0 Å². The lowest BCUT2D eigenvalue weighted by molar-refractivity contribution is 0.0611. The Balaban J connectivity index is 1.67. The summed E-state index contributed by atoms with van der Waals surface area (Å²) in [4.78, 5) is 19.3. The molecular formula is C19H19FN4O. The Morgan fingerprint density at radius 1 is 1.28 bits per heavy atom. The van der Waals surface area contributed by atoms with Gasteiger partial charge in [-0.25, -0.2) is 9.37 Å². The molecule has 1 atom stereocenters. The molecule has 25 heavy (non-hydrogen) atoms. The molecule has 3 aromatic rings. The summed E-state index contributed by atoms with van der Waals surface area (Å²) < 4.78 is 13.2. The minimum Gasteiger partial charge on any atom is -0.332 e. The number of benzene rings is 1. The molecule has 0 unspecified atom stereocenters.